The van der Waals surface area contributed by atoms with Crippen LogP contribution < -0.4 is 5.84 Å². The fraction of sp³-hybridized carbons (Fsp3) is 0.300. The molecule has 3 N–H and O–H groups in total. The minimum atomic E-state index is -0.990. The van der Waals surface area contributed by atoms with Crippen molar-refractivity contribution >= 4 is 23.1 Å². The average molecular weight is 414 g/mol. The summed E-state index contributed by atoms with van der Waals surface area (Å²) in [5.41, 5.74) is 2.32. The second-order valence-electron chi connectivity index (χ2n) is 7.50. The summed E-state index contributed by atoms with van der Waals surface area (Å²) in [6.07, 6.45) is 2.03. The van der Waals surface area contributed by atoms with E-state index in [0.717, 1.165) is 11.1 Å². The molecule has 1 aromatic carbocycles. The Kier molecular flexibility index (Phi) is 5.69. The predicted molar refractivity (Wildman–Crippen MR) is 112 cm³/mol. The van der Waals surface area contributed by atoms with E-state index in [1.807, 2.05) is 57.3 Å². The SMILES string of the molecule is CC(c1csc(/C(=N\N)c2ccc(-c3cnco3)cc2)n1)N(C(=O)O)C(C)(C)C. The zero-order chi connectivity index (χ0) is 21.2. The molecule has 9 heteroatoms. The van der Waals surface area contributed by atoms with Crippen LogP contribution in [0.1, 0.15) is 50.0 Å². The number of oxazole rings is 1. The summed E-state index contributed by atoms with van der Waals surface area (Å²) >= 11 is 1.38. The molecule has 3 aromatic rings. The van der Waals surface area contributed by atoms with Gasteiger partial charge in [-0.1, -0.05) is 24.3 Å². The number of carboxylic acid groups (broad SMARTS) is 1. The van der Waals surface area contributed by atoms with Gasteiger partial charge in [0.25, 0.3) is 0 Å². The summed E-state index contributed by atoms with van der Waals surface area (Å²) < 4.78 is 5.30. The molecule has 0 fully saturated rings. The number of carbonyl (C=O) groups is 1. The van der Waals surface area contributed by atoms with Gasteiger partial charge in [-0.25, -0.2) is 14.8 Å². The summed E-state index contributed by atoms with van der Waals surface area (Å²) in [5, 5.41) is 16.0. The van der Waals surface area contributed by atoms with Crippen molar-refractivity contribution in [1.82, 2.24) is 14.9 Å². The molecule has 2 aromatic heterocycles. The second kappa shape index (κ2) is 8.04. The first-order valence-corrected chi connectivity index (χ1v) is 9.85. The van der Waals surface area contributed by atoms with Crippen LogP contribution in [-0.4, -0.2) is 37.3 Å². The lowest BCUT2D eigenvalue weighted by molar-refractivity contribution is 0.0742. The summed E-state index contributed by atoms with van der Waals surface area (Å²) in [6.45, 7) is 7.39. The monoisotopic (exact) mass is 413 g/mol. The van der Waals surface area contributed by atoms with Crippen LogP contribution in [0, 0.1) is 0 Å². The molecule has 1 atom stereocenters. The van der Waals surface area contributed by atoms with Crippen molar-refractivity contribution in [2.24, 2.45) is 10.9 Å². The van der Waals surface area contributed by atoms with E-state index in [0.29, 0.717) is 22.2 Å². The first kappa shape index (κ1) is 20.5. The Morgan fingerprint density at radius 1 is 1.31 bits per heavy atom. The average Bonchev–Trinajstić information content (AvgIpc) is 3.34. The quantitative estimate of drug-likeness (QED) is 0.365. The van der Waals surface area contributed by atoms with Gasteiger partial charge < -0.3 is 15.4 Å². The lowest BCUT2D eigenvalue weighted by Crippen LogP contribution is -2.46. The molecule has 0 aliphatic carbocycles. The largest absolute Gasteiger partial charge is 0.465 e. The molecule has 3 rings (SSSR count). The van der Waals surface area contributed by atoms with Crippen LogP contribution in [0.5, 0.6) is 0 Å². The van der Waals surface area contributed by atoms with E-state index in [-0.39, 0.29) is 0 Å². The van der Waals surface area contributed by atoms with E-state index in [4.69, 9.17) is 10.3 Å². The molecule has 0 bridgehead atoms. The number of aromatic nitrogens is 2. The fourth-order valence-electron chi connectivity index (χ4n) is 3.16. The van der Waals surface area contributed by atoms with Gasteiger partial charge in [-0.05, 0) is 27.7 Å². The topological polar surface area (TPSA) is 118 Å². The highest BCUT2D eigenvalue weighted by Gasteiger charge is 2.33. The van der Waals surface area contributed by atoms with E-state index in [2.05, 4.69) is 15.1 Å². The number of benzene rings is 1. The second-order valence-corrected chi connectivity index (χ2v) is 8.36. The fourth-order valence-corrected chi connectivity index (χ4v) is 4.08. The van der Waals surface area contributed by atoms with Crippen molar-refractivity contribution in [2.75, 3.05) is 0 Å². The number of nitrogens with two attached hydrogens (primary N) is 1. The number of rotatable bonds is 5. The molecule has 0 aliphatic heterocycles. The molecule has 29 heavy (non-hydrogen) atoms. The van der Waals surface area contributed by atoms with Gasteiger partial charge in [0.2, 0.25) is 0 Å². The smallest absolute Gasteiger partial charge is 0.408 e. The van der Waals surface area contributed by atoms with Gasteiger partial charge >= 0.3 is 6.09 Å². The summed E-state index contributed by atoms with van der Waals surface area (Å²) in [6, 6.07) is 7.14. The van der Waals surface area contributed by atoms with Gasteiger partial charge in [0, 0.05) is 22.0 Å². The third kappa shape index (κ3) is 4.29. The molecular weight excluding hydrogens is 390 g/mol. The van der Waals surface area contributed by atoms with Gasteiger partial charge in [0.1, 0.15) is 10.7 Å². The standard InChI is InChI=1S/C20H23N5O3S/c1-12(25(19(26)27)20(2,3)4)15-10-29-18(23-15)17(24-21)14-7-5-13(6-8-14)16-9-22-11-28-16/h5-12H,21H2,1-4H3,(H,26,27)/b24-17-. The predicted octanol–water partition coefficient (Wildman–Crippen LogP) is 4.35. The molecule has 1 amide bonds. The normalized spacial score (nSPS) is 13.3. The number of amides is 1. The van der Waals surface area contributed by atoms with Crippen molar-refractivity contribution in [3.63, 3.8) is 0 Å². The van der Waals surface area contributed by atoms with Crippen LogP contribution in [0.4, 0.5) is 4.79 Å². The highest BCUT2D eigenvalue weighted by molar-refractivity contribution is 7.12. The highest BCUT2D eigenvalue weighted by atomic mass is 32.1. The molecule has 0 spiro atoms. The Balaban J connectivity index is 1.87. The minimum absolute atomic E-state index is 0.412. The zero-order valence-electron chi connectivity index (χ0n) is 16.7. The number of thiazole rings is 1. The Morgan fingerprint density at radius 2 is 2.00 bits per heavy atom. The molecule has 1 unspecified atom stereocenters. The first-order valence-electron chi connectivity index (χ1n) is 8.97. The van der Waals surface area contributed by atoms with Crippen molar-refractivity contribution in [3.05, 3.63) is 58.5 Å². The third-order valence-electron chi connectivity index (χ3n) is 4.47. The minimum Gasteiger partial charge on any atom is -0.465 e. The van der Waals surface area contributed by atoms with E-state index in [1.54, 1.807) is 6.20 Å². The van der Waals surface area contributed by atoms with E-state index in [9.17, 15) is 9.90 Å². The maximum Gasteiger partial charge on any atom is 0.408 e. The maximum atomic E-state index is 11.8. The van der Waals surface area contributed by atoms with Gasteiger partial charge in [0.15, 0.2) is 12.2 Å². The van der Waals surface area contributed by atoms with Crippen LogP contribution >= 0.6 is 11.3 Å². The van der Waals surface area contributed by atoms with Crippen molar-refractivity contribution < 1.29 is 14.3 Å². The number of hydrogen-bond donors (Lipinski definition) is 2. The van der Waals surface area contributed by atoms with Gasteiger partial charge in [-0.2, -0.15) is 5.10 Å². The van der Waals surface area contributed by atoms with Crippen molar-refractivity contribution in [1.29, 1.82) is 0 Å². The molecule has 2 heterocycles. The van der Waals surface area contributed by atoms with Crippen LogP contribution in [-0.2, 0) is 0 Å². The Hall–Kier alpha value is -3.20. The highest BCUT2D eigenvalue weighted by Crippen LogP contribution is 2.30. The Labute approximate surface area is 172 Å². The van der Waals surface area contributed by atoms with Crippen molar-refractivity contribution in [3.8, 4) is 11.3 Å². The summed E-state index contributed by atoms with van der Waals surface area (Å²) in [4.78, 5) is 21.7. The van der Waals surface area contributed by atoms with Gasteiger partial charge in [-0.3, -0.25) is 4.90 Å². The molecule has 0 radical (unpaired) electrons. The number of hydrazone groups is 1. The lowest BCUT2D eigenvalue weighted by atomic mass is 10.0. The molecule has 152 valence electrons. The van der Waals surface area contributed by atoms with Crippen LogP contribution in [0.25, 0.3) is 11.3 Å². The van der Waals surface area contributed by atoms with Crippen LogP contribution in [0.3, 0.4) is 0 Å². The van der Waals surface area contributed by atoms with E-state index >= 15 is 0 Å². The third-order valence-corrected chi connectivity index (χ3v) is 5.34. The van der Waals surface area contributed by atoms with E-state index < -0.39 is 17.7 Å². The number of nitrogens with zero attached hydrogens (tertiary/aromatic N) is 4. The molecular formula is C20H23N5O3S. The van der Waals surface area contributed by atoms with Crippen LogP contribution in [0.15, 0.2) is 51.8 Å². The first-order chi connectivity index (χ1) is 13.7. The molecule has 8 nitrogen and oxygen atoms in total. The Bertz CT molecular complexity index is 1000. The molecule has 0 aliphatic rings. The van der Waals surface area contributed by atoms with Crippen LogP contribution in [0.2, 0.25) is 0 Å². The van der Waals surface area contributed by atoms with Gasteiger partial charge in [-0.15, -0.1) is 11.3 Å². The Morgan fingerprint density at radius 3 is 2.52 bits per heavy atom. The van der Waals surface area contributed by atoms with Gasteiger partial charge in [0.05, 0.1) is 17.9 Å². The molecule has 0 saturated carbocycles. The van der Waals surface area contributed by atoms with Crippen molar-refractivity contribution in [2.45, 2.75) is 39.3 Å². The zero-order valence-corrected chi connectivity index (χ0v) is 17.5. The molecule has 0 saturated heterocycles. The maximum absolute atomic E-state index is 11.8. The van der Waals surface area contributed by atoms with E-state index in [1.165, 1.54) is 22.6 Å². The summed E-state index contributed by atoms with van der Waals surface area (Å²) in [5.74, 6) is 6.32. The summed E-state index contributed by atoms with van der Waals surface area (Å²) in [7, 11) is 0. The lowest BCUT2D eigenvalue weighted by Gasteiger charge is -2.37. The number of hydrogen-bond acceptors (Lipinski definition) is 7.